The third kappa shape index (κ3) is 3.40. The first-order valence-electron chi connectivity index (χ1n) is 4.34. The molecule has 0 aliphatic heterocycles. The van der Waals surface area contributed by atoms with Crippen molar-refractivity contribution in [1.29, 1.82) is 0 Å². The zero-order valence-corrected chi connectivity index (χ0v) is 8.30. The maximum absolute atomic E-state index is 11.2. The number of carbonyl (C=O) groups is 1. The predicted molar refractivity (Wildman–Crippen MR) is 56.5 cm³/mol. The Bertz CT molecular complexity index is 363. The highest BCUT2D eigenvalue weighted by molar-refractivity contribution is 6.31. The lowest BCUT2D eigenvalue weighted by atomic mass is 10.2. The van der Waals surface area contributed by atoms with E-state index in [0.717, 1.165) is 6.21 Å². The van der Waals surface area contributed by atoms with Crippen LogP contribution in [0.1, 0.15) is 5.56 Å². The molecule has 0 aliphatic carbocycles. The molecule has 1 aromatic rings. The third-order valence-electron chi connectivity index (χ3n) is 1.72. The lowest BCUT2D eigenvalue weighted by molar-refractivity contribution is -0.110. The number of aliphatic hydroxyl groups excluding tert-OH is 1. The Morgan fingerprint density at radius 2 is 2.33 bits per heavy atom. The van der Waals surface area contributed by atoms with Crippen molar-refractivity contribution in [2.75, 3.05) is 12.4 Å². The molecule has 0 fully saturated rings. The van der Waals surface area contributed by atoms with Crippen LogP contribution in [0.5, 0.6) is 0 Å². The Labute approximate surface area is 87.4 Å². The molecule has 80 valence electrons. The van der Waals surface area contributed by atoms with Gasteiger partial charge < -0.3 is 15.3 Å². The van der Waals surface area contributed by atoms with Crippen LogP contribution in [-0.4, -0.2) is 24.3 Å². The van der Waals surface area contributed by atoms with E-state index in [1.54, 1.807) is 24.3 Å². The van der Waals surface area contributed by atoms with Gasteiger partial charge >= 0.3 is 0 Å². The summed E-state index contributed by atoms with van der Waals surface area (Å²) >= 11 is 0. The number of hydrogen-bond donors (Lipinski definition) is 2. The topological polar surface area (TPSA) is 70.9 Å². The van der Waals surface area contributed by atoms with Crippen molar-refractivity contribution < 1.29 is 14.7 Å². The molecule has 1 amide bonds. The van der Waals surface area contributed by atoms with Gasteiger partial charge in [-0.15, -0.1) is 0 Å². The standard InChI is InChI=1S/C10H12N2O3/c1-15-11-6-10(14)12-9-5-3-2-4-8(9)7-13/h2-6,13H,7H2,1H3,(H,12,14). The molecule has 0 unspecified atom stereocenters. The molecule has 0 aliphatic rings. The van der Waals surface area contributed by atoms with E-state index in [1.807, 2.05) is 0 Å². The predicted octanol–water partition coefficient (Wildman–Crippen LogP) is 0.750. The molecular weight excluding hydrogens is 196 g/mol. The van der Waals surface area contributed by atoms with E-state index < -0.39 is 5.91 Å². The maximum atomic E-state index is 11.2. The van der Waals surface area contributed by atoms with Gasteiger partial charge in [0.05, 0.1) is 6.61 Å². The zero-order valence-electron chi connectivity index (χ0n) is 8.30. The lowest BCUT2D eigenvalue weighted by Crippen LogP contribution is -2.14. The SMILES string of the molecule is CON=CC(=O)Nc1ccccc1CO. The first-order valence-corrected chi connectivity index (χ1v) is 4.34. The van der Waals surface area contributed by atoms with Crippen molar-refractivity contribution in [3.8, 4) is 0 Å². The van der Waals surface area contributed by atoms with E-state index >= 15 is 0 Å². The van der Waals surface area contributed by atoms with Gasteiger partial charge in [-0.25, -0.2) is 0 Å². The van der Waals surface area contributed by atoms with Crippen molar-refractivity contribution in [3.63, 3.8) is 0 Å². The molecule has 2 N–H and O–H groups in total. The van der Waals surface area contributed by atoms with Crippen molar-refractivity contribution in [2.24, 2.45) is 5.16 Å². The van der Waals surface area contributed by atoms with Crippen LogP contribution in [0.25, 0.3) is 0 Å². The Morgan fingerprint density at radius 3 is 3.00 bits per heavy atom. The van der Waals surface area contributed by atoms with Gasteiger partial charge in [0.2, 0.25) is 0 Å². The van der Waals surface area contributed by atoms with E-state index in [0.29, 0.717) is 11.3 Å². The summed E-state index contributed by atoms with van der Waals surface area (Å²) in [7, 11) is 1.35. The highest BCUT2D eigenvalue weighted by atomic mass is 16.6. The van der Waals surface area contributed by atoms with Gasteiger partial charge in [-0.2, -0.15) is 0 Å². The molecule has 1 aromatic carbocycles. The fourth-order valence-electron chi connectivity index (χ4n) is 1.05. The third-order valence-corrected chi connectivity index (χ3v) is 1.72. The highest BCUT2D eigenvalue weighted by Gasteiger charge is 2.03. The van der Waals surface area contributed by atoms with Crippen LogP contribution in [0.15, 0.2) is 29.4 Å². The van der Waals surface area contributed by atoms with Gasteiger partial charge in [0.15, 0.2) is 0 Å². The number of rotatable bonds is 4. The molecule has 0 saturated heterocycles. The van der Waals surface area contributed by atoms with E-state index in [9.17, 15) is 4.79 Å². The summed E-state index contributed by atoms with van der Waals surface area (Å²) in [6.07, 6.45) is 1.02. The molecule has 5 nitrogen and oxygen atoms in total. The van der Waals surface area contributed by atoms with Crippen LogP contribution in [-0.2, 0) is 16.2 Å². The second-order valence-electron chi connectivity index (χ2n) is 2.72. The number of benzene rings is 1. The number of amides is 1. The number of nitrogens with one attached hydrogen (secondary N) is 1. The number of aliphatic hydroxyl groups is 1. The van der Waals surface area contributed by atoms with Crippen LogP contribution in [0.2, 0.25) is 0 Å². The normalized spacial score (nSPS) is 10.3. The van der Waals surface area contributed by atoms with Gasteiger partial charge in [0, 0.05) is 11.3 Å². The molecule has 5 heteroatoms. The number of para-hydroxylation sites is 1. The molecule has 1 rings (SSSR count). The van der Waals surface area contributed by atoms with Crippen LogP contribution in [0, 0.1) is 0 Å². The van der Waals surface area contributed by atoms with Crippen molar-refractivity contribution in [1.82, 2.24) is 0 Å². The molecule has 0 aromatic heterocycles. The average Bonchev–Trinajstić information content (AvgIpc) is 2.27. The van der Waals surface area contributed by atoms with Gasteiger partial charge in [-0.1, -0.05) is 23.4 Å². The summed E-state index contributed by atoms with van der Waals surface area (Å²) in [5, 5.41) is 14.9. The van der Waals surface area contributed by atoms with Gasteiger partial charge in [-0.05, 0) is 6.07 Å². The maximum Gasteiger partial charge on any atom is 0.270 e. The molecule has 15 heavy (non-hydrogen) atoms. The highest BCUT2D eigenvalue weighted by Crippen LogP contribution is 2.13. The quantitative estimate of drug-likeness (QED) is 0.566. The van der Waals surface area contributed by atoms with Gasteiger partial charge in [0.1, 0.15) is 13.3 Å². The second-order valence-corrected chi connectivity index (χ2v) is 2.72. The minimum atomic E-state index is -0.405. The minimum Gasteiger partial charge on any atom is -0.399 e. The van der Waals surface area contributed by atoms with Gasteiger partial charge in [-0.3, -0.25) is 4.79 Å². The molecule has 0 heterocycles. The van der Waals surface area contributed by atoms with Crippen LogP contribution < -0.4 is 5.32 Å². The summed E-state index contributed by atoms with van der Waals surface area (Å²) in [5.41, 5.74) is 1.21. The molecular formula is C10H12N2O3. The first kappa shape index (κ1) is 11.2. The minimum absolute atomic E-state index is 0.127. The van der Waals surface area contributed by atoms with E-state index in [-0.39, 0.29) is 6.61 Å². The average molecular weight is 208 g/mol. The van der Waals surface area contributed by atoms with Crippen molar-refractivity contribution in [2.45, 2.75) is 6.61 Å². The Morgan fingerprint density at radius 1 is 1.60 bits per heavy atom. The summed E-state index contributed by atoms with van der Waals surface area (Å²) < 4.78 is 0. The van der Waals surface area contributed by atoms with Gasteiger partial charge in [0.25, 0.3) is 5.91 Å². The van der Waals surface area contributed by atoms with Crippen LogP contribution in [0.4, 0.5) is 5.69 Å². The van der Waals surface area contributed by atoms with E-state index in [4.69, 9.17) is 5.11 Å². The fourth-order valence-corrected chi connectivity index (χ4v) is 1.05. The molecule has 0 spiro atoms. The van der Waals surface area contributed by atoms with E-state index in [2.05, 4.69) is 15.3 Å². The first-order chi connectivity index (χ1) is 7.27. The summed E-state index contributed by atoms with van der Waals surface area (Å²) in [6.45, 7) is -0.127. The number of carbonyl (C=O) groups excluding carboxylic acids is 1. The Kier molecular flexibility index (Phi) is 4.30. The number of anilines is 1. The molecule has 0 atom stereocenters. The molecule has 0 radical (unpaired) electrons. The number of oxime groups is 1. The summed E-state index contributed by atoms with van der Waals surface area (Å²) in [5.74, 6) is -0.405. The molecule has 0 saturated carbocycles. The van der Waals surface area contributed by atoms with Crippen molar-refractivity contribution in [3.05, 3.63) is 29.8 Å². The lowest BCUT2D eigenvalue weighted by Gasteiger charge is -2.06. The Hall–Kier alpha value is -1.88. The van der Waals surface area contributed by atoms with E-state index in [1.165, 1.54) is 7.11 Å². The molecule has 0 bridgehead atoms. The summed E-state index contributed by atoms with van der Waals surface area (Å²) in [6, 6.07) is 6.97. The second kappa shape index (κ2) is 5.77. The van der Waals surface area contributed by atoms with Crippen molar-refractivity contribution >= 4 is 17.8 Å². The fraction of sp³-hybridized carbons (Fsp3) is 0.200. The summed E-state index contributed by atoms with van der Waals surface area (Å²) in [4.78, 5) is 15.6. The number of nitrogens with zero attached hydrogens (tertiary/aromatic N) is 1. The Balaban J connectivity index is 2.71. The number of hydrogen-bond acceptors (Lipinski definition) is 4. The van der Waals surface area contributed by atoms with Crippen LogP contribution >= 0.6 is 0 Å². The largest absolute Gasteiger partial charge is 0.399 e. The smallest absolute Gasteiger partial charge is 0.270 e. The zero-order chi connectivity index (χ0) is 11.1. The van der Waals surface area contributed by atoms with Crippen LogP contribution in [0.3, 0.4) is 0 Å². The monoisotopic (exact) mass is 208 g/mol.